The molecule has 0 heterocycles. The van der Waals surface area contributed by atoms with E-state index in [9.17, 15) is 14.4 Å². The Morgan fingerprint density at radius 2 is 0.530 bits per heavy atom. The molecule has 0 saturated heterocycles. The molecule has 0 N–H and O–H groups in total. The first-order chi connectivity index (χ1) is 32.1. The molecule has 0 spiro atoms. The first-order valence-electron chi connectivity index (χ1n) is 29.6. The van der Waals surface area contributed by atoms with Gasteiger partial charge in [-0.15, -0.1) is 0 Å². The Morgan fingerprint density at radius 1 is 0.303 bits per heavy atom. The lowest BCUT2D eigenvalue weighted by Crippen LogP contribution is -2.30. The van der Waals surface area contributed by atoms with Crippen molar-refractivity contribution >= 4 is 17.9 Å². The van der Waals surface area contributed by atoms with E-state index in [2.05, 4.69) is 41.5 Å². The van der Waals surface area contributed by atoms with E-state index in [0.29, 0.717) is 19.3 Å². The summed E-state index contributed by atoms with van der Waals surface area (Å²) >= 11 is 0. The number of hydrogen-bond acceptors (Lipinski definition) is 6. The summed E-state index contributed by atoms with van der Waals surface area (Å²) in [6.45, 7) is 13.8. The fourth-order valence-corrected chi connectivity index (χ4v) is 9.14. The molecule has 0 bridgehead atoms. The minimum absolute atomic E-state index is 0.0634. The highest BCUT2D eigenvalue weighted by Crippen LogP contribution is 2.19. The predicted octanol–water partition coefficient (Wildman–Crippen LogP) is 19.5. The van der Waals surface area contributed by atoms with Gasteiger partial charge < -0.3 is 14.2 Å². The third-order valence-electron chi connectivity index (χ3n) is 14.0. The van der Waals surface area contributed by atoms with Crippen LogP contribution in [0, 0.1) is 17.8 Å². The van der Waals surface area contributed by atoms with Crippen molar-refractivity contribution in [2.45, 2.75) is 337 Å². The Balaban J connectivity index is 4.29. The topological polar surface area (TPSA) is 78.9 Å². The van der Waals surface area contributed by atoms with Crippen LogP contribution in [-0.2, 0) is 28.6 Å². The monoisotopic (exact) mass is 933 g/mol. The molecule has 0 rings (SSSR count). The quantitative estimate of drug-likeness (QED) is 0.0343. The predicted molar refractivity (Wildman–Crippen MR) is 284 cm³/mol. The van der Waals surface area contributed by atoms with Gasteiger partial charge in [-0.3, -0.25) is 14.4 Å². The highest BCUT2D eigenvalue weighted by atomic mass is 16.6. The van der Waals surface area contributed by atoms with E-state index in [1.807, 2.05) is 0 Å². The minimum atomic E-state index is -0.764. The fraction of sp³-hybridized carbons (Fsp3) is 0.950. The molecule has 2 atom stereocenters. The second kappa shape index (κ2) is 51.3. The Bertz CT molecular complexity index is 1020. The van der Waals surface area contributed by atoms with E-state index in [-0.39, 0.29) is 31.1 Å². The van der Waals surface area contributed by atoms with Gasteiger partial charge in [0.15, 0.2) is 6.10 Å². The van der Waals surface area contributed by atoms with Crippen LogP contribution in [-0.4, -0.2) is 37.2 Å². The van der Waals surface area contributed by atoms with Crippen molar-refractivity contribution in [3.05, 3.63) is 0 Å². The Kier molecular flexibility index (Phi) is 50.0. The molecule has 66 heavy (non-hydrogen) atoms. The normalized spacial score (nSPS) is 12.5. The number of hydrogen-bond donors (Lipinski definition) is 0. The summed E-state index contributed by atoms with van der Waals surface area (Å²) in [5, 5.41) is 0. The summed E-state index contributed by atoms with van der Waals surface area (Å²) in [6, 6.07) is 0. The zero-order valence-electron chi connectivity index (χ0n) is 45.5. The van der Waals surface area contributed by atoms with Crippen molar-refractivity contribution in [3.8, 4) is 0 Å². The van der Waals surface area contributed by atoms with Gasteiger partial charge in [-0.05, 0) is 37.0 Å². The zero-order chi connectivity index (χ0) is 48.4. The summed E-state index contributed by atoms with van der Waals surface area (Å²) in [6.07, 6.45) is 53.7. The van der Waals surface area contributed by atoms with Gasteiger partial charge in [-0.1, -0.05) is 292 Å². The Labute approximate surface area is 412 Å². The molecule has 0 aromatic heterocycles. The Hall–Kier alpha value is -1.59. The third kappa shape index (κ3) is 51.8. The standard InChI is InChI=1S/C60H116O6/c1-7-56(6)48-42-36-30-24-17-13-9-11-14-18-25-31-37-43-49-58(61)64-52-57(53-65-59(62)50-44-38-32-26-21-20-23-29-35-41-47-55(4)5)66-60(63)51-45-39-33-27-19-15-10-8-12-16-22-28-34-40-46-54(2)3/h54-57H,7-53H2,1-6H3/t56?,57-/m1/s1. The molecule has 0 saturated carbocycles. The fourth-order valence-electron chi connectivity index (χ4n) is 9.14. The molecular weight excluding hydrogens is 817 g/mol. The average Bonchev–Trinajstić information content (AvgIpc) is 3.29. The van der Waals surface area contributed by atoms with Crippen LogP contribution in [0.4, 0.5) is 0 Å². The SMILES string of the molecule is CCC(C)CCCCCCCCCCCCCCCCC(=O)OC[C@H](COC(=O)CCCCCCCCCCCCC(C)C)OC(=O)CCCCCCCCCCCCCCCCC(C)C. The molecule has 0 aliphatic rings. The van der Waals surface area contributed by atoms with Crippen LogP contribution in [0.1, 0.15) is 330 Å². The number of unbranched alkanes of at least 4 members (excludes halogenated alkanes) is 35. The van der Waals surface area contributed by atoms with Crippen LogP contribution in [0.25, 0.3) is 0 Å². The highest BCUT2D eigenvalue weighted by molar-refractivity contribution is 5.71. The highest BCUT2D eigenvalue weighted by Gasteiger charge is 2.19. The van der Waals surface area contributed by atoms with Crippen LogP contribution >= 0.6 is 0 Å². The van der Waals surface area contributed by atoms with Gasteiger partial charge in [-0.25, -0.2) is 0 Å². The van der Waals surface area contributed by atoms with Crippen LogP contribution in [0.2, 0.25) is 0 Å². The lowest BCUT2D eigenvalue weighted by Gasteiger charge is -2.18. The summed E-state index contributed by atoms with van der Waals surface area (Å²) in [5.74, 6) is 1.72. The smallest absolute Gasteiger partial charge is 0.306 e. The van der Waals surface area contributed by atoms with E-state index in [0.717, 1.165) is 75.5 Å². The molecule has 0 aliphatic heterocycles. The van der Waals surface area contributed by atoms with Gasteiger partial charge in [-0.2, -0.15) is 0 Å². The van der Waals surface area contributed by atoms with Gasteiger partial charge in [0.2, 0.25) is 0 Å². The number of carbonyl (C=O) groups excluding carboxylic acids is 3. The van der Waals surface area contributed by atoms with Crippen molar-refractivity contribution in [1.29, 1.82) is 0 Å². The van der Waals surface area contributed by atoms with Crippen molar-refractivity contribution in [2.24, 2.45) is 17.8 Å². The zero-order valence-corrected chi connectivity index (χ0v) is 45.5. The Morgan fingerprint density at radius 3 is 0.788 bits per heavy atom. The molecule has 0 aromatic rings. The summed E-state index contributed by atoms with van der Waals surface area (Å²) in [4.78, 5) is 38.2. The first-order valence-corrected chi connectivity index (χ1v) is 29.6. The summed E-state index contributed by atoms with van der Waals surface area (Å²) in [5.41, 5.74) is 0. The second-order valence-corrected chi connectivity index (χ2v) is 21.8. The molecule has 0 radical (unpaired) electrons. The maximum absolute atomic E-state index is 12.9. The number of rotatable bonds is 53. The van der Waals surface area contributed by atoms with Crippen molar-refractivity contribution in [2.75, 3.05) is 13.2 Å². The lowest BCUT2D eigenvalue weighted by molar-refractivity contribution is -0.167. The van der Waals surface area contributed by atoms with Crippen LogP contribution in [0.5, 0.6) is 0 Å². The average molecular weight is 934 g/mol. The van der Waals surface area contributed by atoms with Crippen LogP contribution in [0.15, 0.2) is 0 Å². The van der Waals surface area contributed by atoms with Crippen molar-refractivity contribution in [1.82, 2.24) is 0 Å². The van der Waals surface area contributed by atoms with E-state index in [1.54, 1.807) is 0 Å². The third-order valence-corrected chi connectivity index (χ3v) is 14.0. The van der Waals surface area contributed by atoms with Crippen LogP contribution in [0.3, 0.4) is 0 Å². The summed E-state index contributed by atoms with van der Waals surface area (Å²) < 4.78 is 16.9. The van der Waals surface area contributed by atoms with Gasteiger partial charge >= 0.3 is 17.9 Å². The van der Waals surface area contributed by atoms with Crippen LogP contribution < -0.4 is 0 Å². The largest absolute Gasteiger partial charge is 0.462 e. The molecule has 0 fully saturated rings. The maximum atomic E-state index is 12.9. The molecule has 6 heteroatoms. The number of carbonyl (C=O) groups is 3. The molecule has 0 aromatic carbocycles. The molecule has 1 unspecified atom stereocenters. The van der Waals surface area contributed by atoms with Crippen molar-refractivity contribution in [3.63, 3.8) is 0 Å². The van der Waals surface area contributed by atoms with Gasteiger partial charge in [0.1, 0.15) is 13.2 Å². The molecule has 6 nitrogen and oxygen atoms in total. The second-order valence-electron chi connectivity index (χ2n) is 21.8. The van der Waals surface area contributed by atoms with E-state index in [1.165, 1.54) is 212 Å². The minimum Gasteiger partial charge on any atom is -0.462 e. The molecule has 392 valence electrons. The lowest BCUT2D eigenvalue weighted by atomic mass is 9.99. The van der Waals surface area contributed by atoms with Crippen molar-refractivity contribution < 1.29 is 28.6 Å². The van der Waals surface area contributed by atoms with E-state index in [4.69, 9.17) is 14.2 Å². The molecule has 0 amide bonds. The summed E-state index contributed by atoms with van der Waals surface area (Å²) in [7, 11) is 0. The van der Waals surface area contributed by atoms with E-state index < -0.39 is 6.10 Å². The molecule has 0 aliphatic carbocycles. The number of ether oxygens (including phenoxy) is 3. The van der Waals surface area contributed by atoms with E-state index >= 15 is 0 Å². The van der Waals surface area contributed by atoms with Gasteiger partial charge in [0, 0.05) is 19.3 Å². The first kappa shape index (κ1) is 64.4. The number of esters is 3. The molecular formula is C60H116O6. The van der Waals surface area contributed by atoms with Gasteiger partial charge in [0.25, 0.3) is 0 Å². The van der Waals surface area contributed by atoms with Gasteiger partial charge in [0.05, 0.1) is 0 Å². The maximum Gasteiger partial charge on any atom is 0.306 e.